The van der Waals surface area contributed by atoms with Gasteiger partial charge in [-0.15, -0.1) is 0 Å². The molecule has 0 saturated carbocycles. The fraction of sp³-hybridized carbons (Fsp3) is 0.487. The van der Waals surface area contributed by atoms with Gasteiger partial charge < -0.3 is 15.9 Å². The number of nitrogens with zero attached hydrogens (tertiary/aromatic N) is 16. The summed E-state index contributed by atoms with van der Waals surface area (Å²) >= 11 is 37.8. The van der Waals surface area contributed by atoms with E-state index in [1.165, 1.54) is 24.0 Å². The first kappa shape index (κ1) is 77.2. The molecule has 3 aliphatic heterocycles. The Balaban J connectivity index is 0.000000141. The maximum Gasteiger partial charge on any atom is 0.217 e. The van der Waals surface area contributed by atoms with Gasteiger partial charge in [-0.1, -0.05) is 127 Å². The highest BCUT2D eigenvalue weighted by Gasteiger charge is 2.39. The molecule has 4 N–H and O–H groups in total. The summed E-state index contributed by atoms with van der Waals surface area (Å²) in [7, 11) is 0. The van der Waals surface area contributed by atoms with Gasteiger partial charge in [-0.3, -0.25) is 19.5 Å². The normalized spacial score (nSPS) is 23.9. The van der Waals surface area contributed by atoms with Crippen molar-refractivity contribution in [2.75, 3.05) is 32.8 Å². The Bertz CT molecular complexity index is 4870. The molecule has 12 atom stereocenters. The molecule has 9 heterocycles. The Kier molecular flexibility index (Phi) is 24.4. The fourth-order valence-corrected chi connectivity index (χ4v) is 19.1. The van der Waals surface area contributed by atoms with E-state index in [1.807, 2.05) is 72.9 Å². The first-order chi connectivity index (χ1) is 51.0. The van der Waals surface area contributed by atoms with Crippen LogP contribution in [-0.2, 0) is 4.79 Å². The van der Waals surface area contributed by atoms with E-state index in [-0.39, 0.29) is 49.0 Å². The van der Waals surface area contributed by atoms with Crippen molar-refractivity contribution in [3.63, 3.8) is 0 Å². The van der Waals surface area contributed by atoms with Crippen molar-refractivity contribution in [2.45, 2.75) is 200 Å². The molecule has 3 saturated heterocycles. The Hall–Kier alpha value is -6.97. The lowest BCUT2D eigenvalue weighted by Crippen LogP contribution is -2.45. The number of rotatable bonds is 17. The first-order valence-corrected chi connectivity index (χ1v) is 39.6. The first-order valence-electron chi connectivity index (χ1n) is 37.3. The number of halogens is 6. The van der Waals surface area contributed by atoms with Crippen LogP contribution in [0.25, 0.3) is 50.2 Å². The van der Waals surface area contributed by atoms with E-state index in [9.17, 15) is 20.3 Å². The van der Waals surface area contributed by atoms with Crippen LogP contribution in [0.2, 0.25) is 30.1 Å². The summed E-state index contributed by atoms with van der Waals surface area (Å²) in [6.07, 6.45) is 26.2. The minimum absolute atomic E-state index is 0.111. The molecule has 0 bridgehead atoms. The number of primary amides is 1. The van der Waals surface area contributed by atoms with Crippen molar-refractivity contribution in [3.05, 3.63) is 172 Å². The van der Waals surface area contributed by atoms with E-state index in [1.54, 1.807) is 35.1 Å². The smallest absolute Gasteiger partial charge is 0.217 e. The number of hydrogen-bond acceptors (Lipinski definition) is 16. The van der Waals surface area contributed by atoms with Crippen LogP contribution in [0, 0.1) is 42.9 Å². The lowest BCUT2D eigenvalue weighted by atomic mass is 9.83. The van der Waals surface area contributed by atoms with E-state index < -0.39 is 0 Å². The molecule has 6 aliphatic rings. The quantitative estimate of drug-likeness (QED) is 0.0767. The Morgan fingerprint density at radius 1 is 0.528 bits per heavy atom. The molecule has 3 aliphatic carbocycles. The summed E-state index contributed by atoms with van der Waals surface area (Å²) in [6, 6.07) is 20.5. The van der Waals surface area contributed by atoms with Gasteiger partial charge in [-0.2, -0.15) is 20.6 Å². The number of benzene rings is 3. The molecule has 0 spiro atoms. The van der Waals surface area contributed by atoms with Crippen molar-refractivity contribution in [1.82, 2.24) is 73.9 Å². The Morgan fingerprint density at radius 2 is 0.868 bits per heavy atom. The van der Waals surface area contributed by atoms with Crippen molar-refractivity contribution in [1.29, 1.82) is 5.26 Å². The molecule has 1 amide bonds. The molecular formula is C80H93Cl6N17O3. The number of aryl methyl sites for hydroxylation is 2. The topological polar surface area (TPSA) is 248 Å². The third-order valence-corrected chi connectivity index (χ3v) is 24.8. The molecule has 0 radical (unpaired) electrons. The lowest BCUT2D eigenvalue weighted by molar-refractivity contribution is -0.118. The summed E-state index contributed by atoms with van der Waals surface area (Å²) in [4.78, 5) is 48.1. The molecule has 9 aromatic rings. The Morgan fingerprint density at radius 3 is 1.21 bits per heavy atom. The number of nitrogens with two attached hydrogens (primary N) is 1. The minimum Gasteiger partial charge on any atom is -0.395 e. The third kappa shape index (κ3) is 16.2. The minimum atomic E-state index is -0.261. The van der Waals surface area contributed by atoms with Crippen LogP contribution in [0.3, 0.4) is 0 Å². The predicted molar refractivity (Wildman–Crippen MR) is 423 cm³/mol. The van der Waals surface area contributed by atoms with Crippen LogP contribution in [0.1, 0.15) is 200 Å². The maximum absolute atomic E-state index is 11.3. The van der Waals surface area contributed by atoms with Crippen LogP contribution < -0.4 is 5.73 Å². The van der Waals surface area contributed by atoms with Gasteiger partial charge in [-0.25, -0.2) is 43.9 Å². The molecule has 558 valence electrons. The second-order valence-electron chi connectivity index (χ2n) is 29.9. The number of carbonyl (C=O) groups is 1. The average Bonchev–Trinajstić information content (AvgIpc) is 1.61. The highest BCUT2D eigenvalue weighted by atomic mass is 35.5. The molecule has 3 aromatic carbocycles. The number of amides is 1. The van der Waals surface area contributed by atoms with Gasteiger partial charge in [-0.05, 0) is 225 Å². The SMILES string of the molecule is CC1CC(c2cnc3c(C#N)nn(C(C)c4ccc(Cl)cc4Cl)c3n2)=CCC1N1CCCC1CO.Cc1nn(C(C)c2ccc(Cl)cc2Cl)c2nc(C3=CCC(N4CCCC4CCC(N)=O)C(C)C3)cnc12.Cc1nn(C(C)c2ccc(Cl)cc2Cl)c2nc(C3=CCC(N4CCCC4CO)C(C)C3)cnc12. The van der Waals surface area contributed by atoms with Crippen LogP contribution in [-0.4, -0.2) is 159 Å². The van der Waals surface area contributed by atoms with Crippen molar-refractivity contribution in [3.8, 4) is 6.07 Å². The number of likely N-dealkylation sites (tertiary alicyclic amines) is 3. The Labute approximate surface area is 650 Å². The van der Waals surface area contributed by atoms with Gasteiger partial charge in [0.05, 0.1) is 78.4 Å². The van der Waals surface area contributed by atoms with Crippen LogP contribution in [0.15, 0.2) is 91.4 Å². The molecule has 26 heteroatoms. The van der Waals surface area contributed by atoms with Gasteiger partial charge in [0, 0.05) is 72.8 Å². The van der Waals surface area contributed by atoms with Gasteiger partial charge >= 0.3 is 0 Å². The summed E-state index contributed by atoms with van der Waals surface area (Å²) in [6.45, 7) is 20.6. The highest BCUT2D eigenvalue weighted by Crippen LogP contribution is 2.42. The van der Waals surface area contributed by atoms with Crippen molar-refractivity contribution >= 4 is 126 Å². The number of aromatic nitrogens is 12. The molecule has 3 fully saturated rings. The number of hydrogen-bond donors (Lipinski definition) is 3. The second-order valence-corrected chi connectivity index (χ2v) is 32.4. The largest absolute Gasteiger partial charge is 0.395 e. The summed E-state index contributed by atoms with van der Waals surface area (Å²) in [5, 5.41) is 46.8. The van der Waals surface area contributed by atoms with Gasteiger partial charge in [0.1, 0.15) is 22.6 Å². The zero-order valence-corrected chi connectivity index (χ0v) is 65.9. The number of aliphatic hydroxyl groups excluding tert-OH is 2. The summed E-state index contributed by atoms with van der Waals surface area (Å²) in [5.41, 5.74) is 20.5. The van der Waals surface area contributed by atoms with Crippen molar-refractivity contribution in [2.24, 2.45) is 23.5 Å². The molecular weight excluding hydrogens is 1460 g/mol. The number of aliphatic hydroxyl groups is 2. The standard InChI is InChI=1S/C28H34Cl2N6O.C26H28Cl2N6O.C26H31Cl2N5O/c1-16-13-19(6-10-25(16)35-12-4-5-21(35)8-11-26(31)37)24-15-32-27-17(2)34-36(28(27)33-24)18(3)22-9-7-20(29)14-23(22)30;1-15-10-17(5-8-24(15)33-9-3-4-19(33)14-35)23-13-30-25-22(12-29)32-34(26(25)31-23)16(2)20-7-6-18(27)11-21(20)28;1-15-11-18(6-9-24(15)32-10-4-5-20(32)14-34)23-13-29-25-16(2)31-33(26(25)30-23)17(3)21-8-7-19(27)12-22(21)28/h6-7,9,14-16,18,21,25H,4-5,8,10-13H2,1-3H3,(H2,31,37);5-7,11,13,15-16,19,24,35H,3-4,8-10,14H2,1-2H3;6-8,12-13,15,17,20,24,34H,4-5,9-11,14H2,1-3H3. The van der Waals surface area contributed by atoms with Gasteiger partial charge in [0.2, 0.25) is 5.91 Å². The van der Waals surface area contributed by atoms with Crippen LogP contribution in [0.5, 0.6) is 0 Å². The van der Waals surface area contributed by atoms with Gasteiger partial charge in [0.15, 0.2) is 22.6 Å². The zero-order valence-electron chi connectivity index (χ0n) is 61.3. The molecule has 20 nitrogen and oxygen atoms in total. The summed E-state index contributed by atoms with van der Waals surface area (Å²) in [5.74, 6) is 1.20. The number of allylic oxidation sites excluding steroid dienone is 3. The molecule has 12 unspecified atom stereocenters. The molecule has 6 aromatic heterocycles. The lowest BCUT2D eigenvalue weighted by Gasteiger charge is -2.39. The number of carbonyl (C=O) groups excluding carboxylic acids is 1. The molecule has 106 heavy (non-hydrogen) atoms. The zero-order chi connectivity index (χ0) is 74.9. The van der Waals surface area contributed by atoms with E-state index in [0.717, 1.165) is 163 Å². The third-order valence-electron chi connectivity index (χ3n) is 23.1. The summed E-state index contributed by atoms with van der Waals surface area (Å²) < 4.78 is 5.56. The average molecular weight is 1550 g/mol. The van der Waals surface area contributed by atoms with E-state index in [0.29, 0.717) is 95.7 Å². The maximum atomic E-state index is 11.3. The van der Waals surface area contributed by atoms with E-state index in [2.05, 4.69) is 83.7 Å². The number of nitriles is 1. The van der Waals surface area contributed by atoms with Crippen LogP contribution >= 0.6 is 69.6 Å². The highest BCUT2D eigenvalue weighted by molar-refractivity contribution is 6.36. The van der Waals surface area contributed by atoms with Gasteiger partial charge in [0.25, 0.3) is 0 Å². The predicted octanol–water partition coefficient (Wildman–Crippen LogP) is 16.9. The van der Waals surface area contributed by atoms with Crippen molar-refractivity contribution < 1.29 is 15.0 Å². The second kappa shape index (κ2) is 33.5. The monoisotopic (exact) mass is 1550 g/mol. The number of fused-ring (bicyclic) bond motifs is 3. The van der Waals surface area contributed by atoms with E-state index in [4.69, 9.17) is 110 Å². The molecule has 15 rings (SSSR count). The van der Waals surface area contributed by atoms with Crippen LogP contribution in [0.4, 0.5) is 0 Å². The van der Waals surface area contributed by atoms with E-state index >= 15 is 0 Å². The fourth-order valence-electron chi connectivity index (χ4n) is 17.4.